The Morgan fingerprint density at radius 2 is 2.00 bits per heavy atom. The first-order valence-electron chi connectivity index (χ1n) is 5.24. The third-order valence-electron chi connectivity index (χ3n) is 2.78. The first-order chi connectivity index (χ1) is 6.84. The number of rotatable bonds is 2. The lowest BCUT2D eigenvalue weighted by Gasteiger charge is -2.17. The normalized spacial score (nSPS) is 21.1. The molecule has 0 fully saturated rings. The van der Waals surface area contributed by atoms with E-state index in [1.807, 2.05) is 0 Å². The van der Waals surface area contributed by atoms with Crippen molar-refractivity contribution in [3.05, 3.63) is 60.2 Å². The van der Waals surface area contributed by atoms with Gasteiger partial charge >= 0.3 is 0 Å². The van der Waals surface area contributed by atoms with Crippen LogP contribution in [0.3, 0.4) is 0 Å². The maximum atomic E-state index is 3.97. The summed E-state index contributed by atoms with van der Waals surface area (Å²) in [5.74, 6) is 0.711. The van der Waals surface area contributed by atoms with E-state index in [9.17, 15) is 0 Å². The molecular weight excluding hydrogens is 168 g/mol. The topological polar surface area (TPSA) is 0 Å². The number of benzene rings is 1. The molecule has 0 spiro atoms. The highest BCUT2D eigenvalue weighted by atomic mass is 14.1. The van der Waals surface area contributed by atoms with Gasteiger partial charge in [0.25, 0.3) is 0 Å². The molecule has 0 nitrogen and oxygen atoms in total. The second kappa shape index (κ2) is 4.28. The van der Waals surface area contributed by atoms with E-state index < -0.39 is 0 Å². The van der Waals surface area contributed by atoms with Crippen molar-refractivity contribution in [3.63, 3.8) is 0 Å². The van der Waals surface area contributed by atoms with Crippen LogP contribution < -0.4 is 0 Å². The summed E-state index contributed by atoms with van der Waals surface area (Å²) >= 11 is 0. The van der Waals surface area contributed by atoms with Crippen molar-refractivity contribution < 1.29 is 0 Å². The predicted molar refractivity (Wildman–Crippen MR) is 61.2 cm³/mol. The van der Waals surface area contributed by atoms with Crippen LogP contribution in [-0.4, -0.2) is 0 Å². The van der Waals surface area contributed by atoms with Gasteiger partial charge in [-0.25, -0.2) is 0 Å². The van der Waals surface area contributed by atoms with E-state index in [1.165, 1.54) is 24.0 Å². The second-order valence-corrected chi connectivity index (χ2v) is 4.01. The van der Waals surface area contributed by atoms with Gasteiger partial charge in [0.2, 0.25) is 0 Å². The Hall–Kier alpha value is -1.30. The number of hydrogen-bond donors (Lipinski definition) is 0. The lowest BCUT2D eigenvalue weighted by molar-refractivity contribution is 0.575. The standard InChI is InChI=1S/C14H16/c1-12-7-9-14(10-8-12)11-13-5-3-2-4-6-13/h2-7,9,14H,1,8,10-11H2. The molecule has 1 aromatic carbocycles. The quantitative estimate of drug-likeness (QED) is 0.656. The molecule has 0 bridgehead atoms. The molecule has 1 unspecified atom stereocenters. The highest BCUT2D eigenvalue weighted by Gasteiger charge is 2.10. The minimum Gasteiger partial charge on any atom is -0.0958 e. The van der Waals surface area contributed by atoms with E-state index in [4.69, 9.17) is 0 Å². The Morgan fingerprint density at radius 1 is 1.21 bits per heavy atom. The smallest absolute Gasteiger partial charge is 0.0187 e. The van der Waals surface area contributed by atoms with Gasteiger partial charge in [0.05, 0.1) is 0 Å². The van der Waals surface area contributed by atoms with Crippen LogP contribution >= 0.6 is 0 Å². The fourth-order valence-corrected chi connectivity index (χ4v) is 1.91. The Kier molecular flexibility index (Phi) is 2.83. The lowest BCUT2D eigenvalue weighted by atomic mass is 9.88. The Balaban J connectivity index is 1.99. The summed E-state index contributed by atoms with van der Waals surface area (Å²) in [6.45, 7) is 3.97. The zero-order valence-electron chi connectivity index (χ0n) is 8.45. The third kappa shape index (κ3) is 2.35. The molecule has 0 aromatic heterocycles. The Bertz CT molecular complexity index is 332. The molecule has 2 rings (SSSR count). The van der Waals surface area contributed by atoms with E-state index in [1.54, 1.807) is 0 Å². The molecule has 0 saturated carbocycles. The predicted octanol–water partition coefficient (Wildman–Crippen LogP) is 3.75. The van der Waals surface area contributed by atoms with Crippen molar-refractivity contribution in [2.24, 2.45) is 5.92 Å². The summed E-state index contributed by atoms with van der Waals surface area (Å²) in [7, 11) is 0. The van der Waals surface area contributed by atoms with E-state index in [0.29, 0.717) is 5.92 Å². The summed E-state index contributed by atoms with van der Waals surface area (Å²) in [6.07, 6.45) is 8.07. The van der Waals surface area contributed by atoms with Crippen LogP contribution in [0.4, 0.5) is 0 Å². The van der Waals surface area contributed by atoms with Gasteiger partial charge in [-0.3, -0.25) is 0 Å². The van der Waals surface area contributed by atoms with Gasteiger partial charge < -0.3 is 0 Å². The van der Waals surface area contributed by atoms with Crippen molar-refractivity contribution in [1.29, 1.82) is 0 Å². The van der Waals surface area contributed by atoms with Gasteiger partial charge in [-0.05, 0) is 30.7 Å². The summed E-state index contributed by atoms with van der Waals surface area (Å²) in [4.78, 5) is 0. The number of hydrogen-bond acceptors (Lipinski definition) is 0. The first kappa shape index (κ1) is 9.26. The molecule has 1 atom stereocenters. The van der Waals surface area contributed by atoms with Crippen LogP contribution in [0.1, 0.15) is 18.4 Å². The van der Waals surface area contributed by atoms with Crippen molar-refractivity contribution in [1.82, 2.24) is 0 Å². The molecule has 0 aliphatic heterocycles. The maximum absolute atomic E-state index is 3.97. The van der Waals surface area contributed by atoms with Crippen LogP contribution in [0.5, 0.6) is 0 Å². The summed E-state index contributed by atoms with van der Waals surface area (Å²) in [5, 5.41) is 0. The van der Waals surface area contributed by atoms with Crippen molar-refractivity contribution in [2.45, 2.75) is 19.3 Å². The third-order valence-corrected chi connectivity index (χ3v) is 2.78. The largest absolute Gasteiger partial charge is 0.0958 e. The molecule has 0 amide bonds. The second-order valence-electron chi connectivity index (χ2n) is 4.01. The molecule has 72 valence electrons. The summed E-state index contributed by atoms with van der Waals surface area (Å²) in [6, 6.07) is 10.7. The molecule has 1 aliphatic rings. The molecule has 1 aromatic rings. The van der Waals surface area contributed by atoms with E-state index >= 15 is 0 Å². The fourth-order valence-electron chi connectivity index (χ4n) is 1.91. The highest BCUT2D eigenvalue weighted by molar-refractivity contribution is 5.22. The molecule has 1 aliphatic carbocycles. The zero-order valence-corrected chi connectivity index (χ0v) is 8.45. The van der Waals surface area contributed by atoms with Gasteiger partial charge in [0.1, 0.15) is 0 Å². The van der Waals surface area contributed by atoms with E-state index in [2.05, 4.69) is 49.1 Å². The molecule has 0 radical (unpaired) electrons. The van der Waals surface area contributed by atoms with Crippen LogP contribution in [0.25, 0.3) is 0 Å². The molecule has 0 N–H and O–H groups in total. The minimum absolute atomic E-state index is 0.711. The van der Waals surface area contributed by atoms with Crippen LogP contribution in [-0.2, 0) is 6.42 Å². The van der Waals surface area contributed by atoms with E-state index in [0.717, 1.165) is 6.42 Å². The summed E-state index contributed by atoms with van der Waals surface area (Å²) in [5.41, 5.74) is 2.71. The van der Waals surface area contributed by atoms with Gasteiger partial charge in [0.15, 0.2) is 0 Å². The van der Waals surface area contributed by atoms with Crippen LogP contribution in [0.15, 0.2) is 54.6 Å². The molecule has 0 heteroatoms. The maximum Gasteiger partial charge on any atom is -0.0187 e. The first-order valence-corrected chi connectivity index (χ1v) is 5.24. The highest BCUT2D eigenvalue weighted by Crippen LogP contribution is 2.23. The van der Waals surface area contributed by atoms with Crippen LogP contribution in [0.2, 0.25) is 0 Å². The SMILES string of the molecule is C=C1C=CC(Cc2ccccc2)CC1. The Morgan fingerprint density at radius 3 is 2.64 bits per heavy atom. The van der Waals surface area contributed by atoms with Crippen molar-refractivity contribution in [2.75, 3.05) is 0 Å². The molecule has 0 saturated heterocycles. The minimum atomic E-state index is 0.711. The van der Waals surface area contributed by atoms with E-state index in [-0.39, 0.29) is 0 Å². The molecule has 14 heavy (non-hydrogen) atoms. The van der Waals surface area contributed by atoms with Crippen molar-refractivity contribution >= 4 is 0 Å². The average Bonchev–Trinajstić information content (AvgIpc) is 2.23. The Labute approximate surface area is 86.0 Å². The number of allylic oxidation sites excluding steroid dienone is 3. The average molecular weight is 184 g/mol. The zero-order chi connectivity index (χ0) is 9.80. The van der Waals surface area contributed by atoms with Gasteiger partial charge in [-0.2, -0.15) is 0 Å². The van der Waals surface area contributed by atoms with Gasteiger partial charge in [-0.15, -0.1) is 0 Å². The van der Waals surface area contributed by atoms with Gasteiger partial charge in [-0.1, -0.05) is 54.6 Å². The fraction of sp³-hybridized carbons (Fsp3) is 0.286. The monoisotopic (exact) mass is 184 g/mol. The van der Waals surface area contributed by atoms with Crippen molar-refractivity contribution in [3.8, 4) is 0 Å². The van der Waals surface area contributed by atoms with Crippen LogP contribution in [0, 0.1) is 5.92 Å². The molecular formula is C14H16. The lowest BCUT2D eigenvalue weighted by Crippen LogP contribution is -2.05. The molecule has 0 heterocycles. The summed E-state index contributed by atoms with van der Waals surface area (Å²) < 4.78 is 0. The van der Waals surface area contributed by atoms with Gasteiger partial charge in [0, 0.05) is 0 Å².